The fourth-order valence-electron chi connectivity index (χ4n) is 1.32. The Morgan fingerprint density at radius 1 is 1.30 bits per heavy atom. The Bertz CT molecular complexity index is 496. The van der Waals surface area contributed by atoms with Crippen molar-refractivity contribution in [3.05, 3.63) is 41.2 Å². The molecule has 0 saturated heterocycles. The summed E-state index contributed by atoms with van der Waals surface area (Å²) in [6.45, 7) is 3.95. The molecule has 20 heavy (non-hydrogen) atoms. The lowest BCUT2D eigenvalue weighted by Gasteiger charge is -2.15. The zero-order valence-electron chi connectivity index (χ0n) is 11.5. The maximum Gasteiger partial charge on any atom is 0.372 e. The van der Waals surface area contributed by atoms with E-state index in [4.69, 9.17) is 20.6 Å². The average molecular weight is 317 g/mol. The van der Waals surface area contributed by atoms with Crippen LogP contribution in [0.4, 0.5) is 5.69 Å². The predicted molar refractivity (Wildman–Crippen MR) is 83.4 cm³/mol. The normalized spacial score (nSPS) is 12.8. The zero-order chi connectivity index (χ0) is 14.8. The molecule has 0 bridgehead atoms. The van der Waals surface area contributed by atoms with Gasteiger partial charge < -0.3 is 9.05 Å². The number of hydrogen-bond donors (Lipinski definition) is 1. The third-order valence-electron chi connectivity index (χ3n) is 2.11. The van der Waals surface area contributed by atoms with E-state index in [0.29, 0.717) is 0 Å². The smallest absolute Gasteiger partial charge is 0.305 e. The molecule has 0 aliphatic heterocycles. The van der Waals surface area contributed by atoms with Crippen LogP contribution in [0, 0.1) is 0 Å². The quantitative estimate of drug-likeness (QED) is 0.438. The van der Waals surface area contributed by atoms with Crippen LogP contribution in [0.25, 0.3) is 0 Å². The fraction of sp³-hybridized carbons (Fsp3) is 0.308. The van der Waals surface area contributed by atoms with Crippen molar-refractivity contribution in [1.82, 2.24) is 0 Å². The van der Waals surface area contributed by atoms with Crippen molar-refractivity contribution in [3.8, 4) is 0 Å². The van der Waals surface area contributed by atoms with Gasteiger partial charge in [-0.1, -0.05) is 29.8 Å². The molecule has 1 rings (SSSR count). The topological polar surface area (TPSA) is 59.9 Å². The van der Waals surface area contributed by atoms with Crippen molar-refractivity contribution in [1.29, 1.82) is 0 Å². The molecule has 0 unspecified atom stereocenters. The van der Waals surface area contributed by atoms with E-state index in [-0.39, 0.29) is 18.0 Å². The van der Waals surface area contributed by atoms with Crippen molar-refractivity contribution in [2.24, 2.45) is 5.10 Å². The van der Waals surface area contributed by atoms with Gasteiger partial charge in [0.2, 0.25) is 0 Å². The molecular weight excluding hydrogens is 299 g/mol. The van der Waals surface area contributed by atoms with Gasteiger partial charge in [0.05, 0.1) is 18.9 Å². The van der Waals surface area contributed by atoms with E-state index in [1.54, 1.807) is 13.8 Å². The first-order chi connectivity index (χ1) is 9.62. The van der Waals surface area contributed by atoms with Crippen LogP contribution < -0.4 is 5.43 Å². The highest BCUT2D eigenvalue weighted by molar-refractivity contribution is 7.61. The molecule has 7 heteroatoms. The van der Waals surface area contributed by atoms with Crippen LogP contribution in [-0.2, 0) is 13.6 Å². The van der Waals surface area contributed by atoms with Gasteiger partial charge in [-0.15, -0.1) is 0 Å². The minimum Gasteiger partial charge on any atom is -0.305 e. The highest BCUT2D eigenvalue weighted by Gasteiger charge is 2.27. The van der Waals surface area contributed by atoms with Crippen LogP contribution in [0.3, 0.4) is 0 Å². The van der Waals surface area contributed by atoms with Gasteiger partial charge in [-0.2, -0.15) is 5.10 Å². The molecule has 5 nitrogen and oxygen atoms in total. The first kappa shape index (κ1) is 16.9. The number of para-hydroxylation sites is 1. The number of hydrazone groups is 1. The molecule has 0 aliphatic carbocycles. The number of rotatable bonds is 8. The molecule has 0 saturated carbocycles. The molecule has 0 atom stereocenters. The first-order valence-corrected chi connectivity index (χ1v) is 8.14. The number of allylic oxidation sites excluding steroid dienone is 1. The van der Waals surface area contributed by atoms with Crippen LogP contribution in [0.5, 0.6) is 0 Å². The van der Waals surface area contributed by atoms with Gasteiger partial charge in [-0.05, 0) is 32.1 Å². The van der Waals surface area contributed by atoms with Crippen molar-refractivity contribution in [2.75, 3.05) is 18.6 Å². The van der Waals surface area contributed by atoms with Crippen molar-refractivity contribution in [2.45, 2.75) is 13.8 Å². The van der Waals surface area contributed by atoms with Gasteiger partial charge in [0.1, 0.15) is 4.77 Å². The van der Waals surface area contributed by atoms with E-state index in [9.17, 15) is 4.57 Å². The summed E-state index contributed by atoms with van der Waals surface area (Å²) in [5.41, 5.74) is 3.65. The molecular formula is C13H18ClN2O3P. The number of benzene rings is 1. The van der Waals surface area contributed by atoms with Gasteiger partial charge in [0.15, 0.2) is 0 Å². The maximum atomic E-state index is 12.3. The van der Waals surface area contributed by atoms with E-state index in [1.807, 2.05) is 30.3 Å². The summed E-state index contributed by atoms with van der Waals surface area (Å²) in [6, 6.07) is 9.42. The highest BCUT2D eigenvalue weighted by atomic mass is 35.5. The summed E-state index contributed by atoms with van der Waals surface area (Å²) in [5.74, 6) is 0. The van der Waals surface area contributed by atoms with Crippen LogP contribution in [0.15, 0.2) is 46.3 Å². The van der Waals surface area contributed by atoms with Crippen LogP contribution in [0.2, 0.25) is 0 Å². The summed E-state index contributed by atoms with van der Waals surface area (Å²) in [6.07, 6.45) is 2.80. The molecule has 0 amide bonds. The Kier molecular flexibility index (Phi) is 7.55. The monoisotopic (exact) mass is 316 g/mol. The Hall–Kier alpha value is -1.13. The summed E-state index contributed by atoms with van der Waals surface area (Å²) in [7, 11) is -3.42. The third kappa shape index (κ3) is 5.47. The number of nitrogens with zero attached hydrogens (tertiary/aromatic N) is 1. The lowest BCUT2D eigenvalue weighted by Crippen LogP contribution is -1.96. The van der Waals surface area contributed by atoms with Gasteiger partial charge >= 0.3 is 7.60 Å². The van der Waals surface area contributed by atoms with Crippen LogP contribution in [0.1, 0.15) is 13.8 Å². The average Bonchev–Trinajstić information content (AvgIpc) is 2.45. The minimum absolute atomic E-state index is 0.000174. The zero-order valence-corrected chi connectivity index (χ0v) is 13.1. The molecule has 1 aromatic carbocycles. The van der Waals surface area contributed by atoms with Crippen molar-refractivity contribution in [3.63, 3.8) is 0 Å². The molecule has 0 spiro atoms. The van der Waals surface area contributed by atoms with Gasteiger partial charge in [0.25, 0.3) is 0 Å². The summed E-state index contributed by atoms with van der Waals surface area (Å²) in [4.78, 5) is 0. The lowest BCUT2D eigenvalue weighted by atomic mass is 10.3. The molecule has 0 aliphatic rings. The molecule has 1 aromatic rings. The standard InChI is InChI=1S/C13H18ClN2O3P/c1-3-18-20(17,19-4-2)13(14)10-11-15-16-12-8-6-5-7-9-12/h5-11,16H,3-4H2,1-2H3/b13-10+,15-11+. The van der Waals surface area contributed by atoms with E-state index in [2.05, 4.69) is 10.5 Å². The fourth-order valence-corrected chi connectivity index (χ4v) is 2.91. The first-order valence-electron chi connectivity index (χ1n) is 6.22. The third-order valence-corrected chi connectivity index (χ3v) is 4.73. The van der Waals surface area contributed by atoms with Crippen LogP contribution in [-0.4, -0.2) is 19.4 Å². The highest BCUT2D eigenvalue weighted by Crippen LogP contribution is 2.57. The second-order valence-corrected chi connectivity index (χ2v) is 6.24. The largest absolute Gasteiger partial charge is 0.372 e. The minimum atomic E-state index is -3.42. The molecule has 1 N–H and O–H groups in total. The Morgan fingerprint density at radius 2 is 1.90 bits per heavy atom. The lowest BCUT2D eigenvalue weighted by molar-refractivity contribution is 0.228. The Balaban J connectivity index is 2.65. The molecule has 0 heterocycles. The van der Waals surface area contributed by atoms with E-state index in [1.165, 1.54) is 12.3 Å². The summed E-state index contributed by atoms with van der Waals surface area (Å²) < 4.78 is 22.4. The van der Waals surface area contributed by atoms with Crippen molar-refractivity contribution < 1.29 is 13.6 Å². The second-order valence-electron chi connectivity index (χ2n) is 3.58. The van der Waals surface area contributed by atoms with Gasteiger partial charge in [-0.3, -0.25) is 9.99 Å². The molecule has 0 radical (unpaired) electrons. The maximum absolute atomic E-state index is 12.3. The number of anilines is 1. The predicted octanol–water partition coefficient (Wildman–Crippen LogP) is 4.43. The van der Waals surface area contributed by atoms with Crippen molar-refractivity contribution >= 4 is 31.1 Å². The van der Waals surface area contributed by atoms with Crippen LogP contribution >= 0.6 is 19.2 Å². The van der Waals surface area contributed by atoms with E-state index < -0.39 is 7.60 Å². The van der Waals surface area contributed by atoms with Gasteiger partial charge in [-0.25, -0.2) is 0 Å². The van der Waals surface area contributed by atoms with E-state index in [0.717, 1.165) is 5.69 Å². The van der Waals surface area contributed by atoms with E-state index >= 15 is 0 Å². The molecule has 110 valence electrons. The van der Waals surface area contributed by atoms with Gasteiger partial charge in [0, 0.05) is 6.21 Å². The second kappa shape index (κ2) is 8.93. The Morgan fingerprint density at radius 3 is 2.45 bits per heavy atom. The number of hydrogen-bond acceptors (Lipinski definition) is 5. The number of nitrogens with one attached hydrogen (secondary N) is 1. The summed E-state index contributed by atoms with van der Waals surface area (Å²) >= 11 is 5.96. The SMILES string of the molecule is CCOP(=O)(OCC)/C(Cl)=C/C=N/Nc1ccccc1. The molecule has 0 aromatic heterocycles. The molecule has 0 fully saturated rings. The summed E-state index contributed by atoms with van der Waals surface area (Å²) in [5, 5.41) is 3.95. The Labute approximate surface area is 124 Å². The number of halogens is 1.